The van der Waals surface area contributed by atoms with E-state index in [2.05, 4.69) is 36.4 Å². The number of nitrogens with one attached hydrogen (secondary N) is 1. The number of hydrogen-bond acceptors (Lipinski definition) is 5. The largest absolute Gasteiger partial charge is 0.325 e. The molecule has 0 aliphatic carbocycles. The average molecular weight is 551 g/mol. The lowest BCUT2D eigenvalue weighted by atomic mass is 10.1. The molecule has 1 fully saturated rings. The third-order valence-electron chi connectivity index (χ3n) is 5.30. The second-order valence-electron chi connectivity index (χ2n) is 7.76. The van der Waals surface area contributed by atoms with Crippen LogP contribution in [0.25, 0.3) is 11.3 Å². The van der Waals surface area contributed by atoms with E-state index >= 15 is 0 Å². The van der Waals surface area contributed by atoms with E-state index in [1.54, 1.807) is 31.2 Å². The molecule has 4 aromatic heterocycles. The number of carbonyl (C=O) groups is 2. The molecular formula is C21H15BrClF2N7O2. The molecule has 1 N–H and O–H groups in total. The summed E-state index contributed by atoms with van der Waals surface area (Å²) < 4.78 is 29.9. The highest BCUT2D eigenvalue weighted by Crippen LogP contribution is 2.32. The Labute approximate surface area is 204 Å². The smallest absolute Gasteiger partial charge is 0.282 e. The molecule has 34 heavy (non-hydrogen) atoms. The molecule has 0 radical (unpaired) electrons. The van der Waals surface area contributed by atoms with Gasteiger partial charge in [0.1, 0.15) is 10.3 Å². The number of aryl methyl sites for hydroxylation is 1. The number of likely N-dealkylation sites (tertiary alicyclic amines) is 1. The van der Waals surface area contributed by atoms with Crippen LogP contribution in [0.2, 0.25) is 5.02 Å². The zero-order valence-electron chi connectivity index (χ0n) is 17.5. The Bertz CT molecular complexity index is 1460. The normalized spacial score (nSPS) is 14.8. The van der Waals surface area contributed by atoms with E-state index in [1.165, 1.54) is 27.7 Å². The second kappa shape index (κ2) is 8.13. The van der Waals surface area contributed by atoms with Gasteiger partial charge in [-0.25, -0.2) is 23.0 Å². The molecule has 0 spiro atoms. The van der Waals surface area contributed by atoms with E-state index in [9.17, 15) is 18.4 Å². The summed E-state index contributed by atoms with van der Waals surface area (Å²) in [6.45, 7) is 0.300. The van der Waals surface area contributed by atoms with Crippen LogP contribution in [0, 0.1) is 6.92 Å². The number of pyridine rings is 2. The second-order valence-corrected chi connectivity index (χ2v) is 8.98. The predicted octanol–water partition coefficient (Wildman–Crippen LogP) is 3.98. The standard InChI is InChI=1S/C21H15BrClF2N7O2/c1-11-7-12-4-6-27-31(12)17(20(34)30-9-21(24,25)10-30)16(11)28-19(33)14-8-15(22)29-32(14)18-13(23)3-2-5-26-18/h2-8H,9-10H2,1H3,(H,28,33). The van der Waals surface area contributed by atoms with Crippen molar-refractivity contribution in [3.8, 4) is 5.82 Å². The van der Waals surface area contributed by atoms with Crippen LogP contribution in [0.15, 0.2) is 47.3 Å². The summed E-state index contributed by atoms with van der Waals surface area (Å²) in [7, 11) is 0. The van der Waals surface area contributed by atoms with Gasteiger partial charge in [0.25, 0.3) is 17.7 Å². The lowest BCUT2D eigenvalue weighted by molar-refractivity contribution is -0.113. The minimum Gasteiger partial charge on any atom is -0.325 e. The minimum atomic E-state index is -2.94. The lowest BCUT2D eigenvalue weighted by Gasteiger charge is -2.38. The molecule has 174 valence electrons. The lowest BCUT2D eigenvalue weighted by Crippen LogP contribution is -2.58. The molecule has 0 unspecified atom stereocenters. The van der Waals surface area contributed by atoms with Crippen LogP contribution in [0.1, 0.15) is 26.5 Å². The number of amides is 2. The molecule has 0 atom stereocenters. The number of aromatic nitrogens is 5. The van der Waals surface area contributed by atoms with Gasteiger partial charge < -0.3 is 10.2 Å². The van der Waals surface area contributed by atoms with Gasteiger partial charge in [-0.1, -0.05) is 11.6 Å². The van der Waals surface area contributed by atoms with Gasteiger partial charge in [0.05, 0.1) is 35.5 Å². The molecule has 5 heterocycles. The Morgan fingerprint density at radius 3 is 2.68 bits per heavy atom. The van der Waals surface area contributed by atoms with E-state index in [0.717, 1.165) is 4.90 Å². The van der Waals surface area contributed by atoms with Crippen LogP contribution < -0.4 is 5.32 Å². The molecule has 1 saturated heterocycles. The van der Waals surface area contributed by atoms with Gasteiger partial charge in [0.2, 0.25) is 0 Å². The van der Waals surface area contributed by atoms with Gasteiger partial charge in [0.15, 0.2) is 11.5 Å². The molecule has 0 bridgehead atoms. The molecule has 4 aromatic rings. The Hall–Kier alpha value is -3.38. The van der Waals surface area contributed by atoms with Crippen molar-refractivity contribution in [2.45, 2.75) is 12.8 Å². The summed E-state index contributed by atoms with van der Waals surface area (Å²) >= 11 is 9.49. The van der Waals surface area contributed by atoms with E-state index in [0.29, 0.717) is 15.7 Å². The number of rotatable bonds is 4. The van der Waals surface area contributed by atoms with Gasteiger partial charge in [-0.3, -0.25) is 9.59 Å². The van der Waals surface area contributed by atoms with Crippen LogP contribution in [0.4, 0.5) is 14.5 Å². The van der Waals surface area contributed by atoms with E-state index in [4.69, 9.17) is 11.6 Å². The zero-order chi connectivity index (χ0) is 24.2. The summed E-state index contributed by atoms with van der Waals surface area (Å²) in [6, 6.07) is 8.13. The third kappa shape index (κ3) is 3.82. The first-order chi connectivity index (χ1) is 16.1. The molecule has 1 aliphatic rings. The maximum absolute atomic E-state index is 13.5. The first-order valence-corrected chi connectivity index (χ1v) is 11.1. The van der Waals surface area contributed by atoms with Crippen LogP contribution >= 0.6 is 27.5 Å². The Morgan fingerprint density at radius 1 is 1.21 bits per heavy atom. The Balaban J connectivity index is 1.57. The highest BCUT2D eigenvalue weighted by molar-refractivity contribution is 9.10. The Kier molecular flexibility index (Phi) is 5.36. The first kappa shape index (κ1) is 22.4. The van der Waals surface area contributed by atoms with Crippen molar-refractivity contribution in [1.29, 1.82) is 0 Å². The number of carbonyl (C=O) groups excluding carboxylic acids is 2. The van der Waals surface area contributed by atoms with Crippen LogP contribution in [0.3, 0.4) is 0 Å². The SMILES string of the molecule is Cc1cc2ccnn2c(C(=O)N2CC(F)(F)C2)c1NC(=O)c1cc(Br)nn1-c1ncccc1Cl. The number of halogens is 4. The summed E-state index contributed by atoms with van der Waals surface area (Å²) in [6.07, 6.45) is 2.99. The van der Waals surface area contributed by atoms with Crippen molar-refractivity contribution in [3.63, 3.8) is 0 Å². The maximum atomic E-state index is 13.5. The minimum absolute atomic E-state index is 0.0233. The summed E-state index contributed by atoms with van der Waals surface area (Å²) in [5, 5.41) is 11.4. The molecular weight excluding hydrogens is 536 g/mol. The fourth-order valence-electron chi connectivity index (χ4n) is 3.74. The Morgan fingerprint density at radius 2 is 1.97 bits per heavy atom. The van der Waals surface area contributed by atoms with Crippen molar-refractivity contribution in [1.82, 2.24) is 29.3 Å². The fraction of sp³-hybridized carbons (Fsp3) is 0.190. The van der Waals surface area contributed by atoms with Gasteiger partial charge in [-0.05, 0) is 52.7 Å². The highest BCUT2D eigenvalue weighted by Gasteiger charge is 2.47. The third-order valence-corrected chi connectivity index (χ3v) is 5.99. The maximum Gasteiger partial charge on any atom is 0.282 e. The summed E-state index contributed by atoms with van der Waals surface area (Å²) in [5.74, 6) is -3.98. The van der Waals surface area contributed by atoms with Gasteiger partial charge >= 0.3 is 0 Å². The van der Waals surface area contributed by atoms with Crippen molar-refractivity contribution in [2.75, 3.05) is 18.4 Å². The van der Waals surface area contributed by atoms with Crippen LogP contribution in [-0.4, -0.2) is 60.1 Å². The van der Waals surface area contributed by atoms with Crippen molar-refractivity contribution in [3.05, 3.63) is 69.3 Å². The average Bonchev–Trinajstić information content (AvgIpc) is 3.38. The van der Waals surface area contributed by atoms with Gasteiger partial charge in [-0.2, -0.15) is 10.2 Å². The van der Waals surface area contributed by atoms with E-state index in [1.807, 2.05) is 0 Å². The quantitative estimate of drug-likeness (QED) is 0.415. The number of hydrogen-bond donors (Lipinski definition) is 1. The fourth-order valence-corrected chi connectivity index (χ4v) is 4.32. The number of anilines is 1. The molecule has 0 aromatic carbocycles. The van der Waals surface area contributed by atoms with Crippen molar-refractivity contribution in [2.24, 2.45) is 0 Å². The summed E-state index contributed by atoms with van der Waals surface area (Å²) in [4.78, 5) is 31.7. The molecule has 1 aliphatic heterocycles. The van der Waals surface area contributed by atoms with E-state index in [-0.39, 0.29) is 27.9 Å². The van der Waals surface area contributed by atoms with E-state index < -0.39 is 30.8 Å². The van der Waals surface area contributed by atoms with Gasteiger partial charge in [0, 0.05) is 12.3 Å². The van der Waals surface area contributed by atoms with Crippen molar-refractivity contribution >= 4 is 50.5 Å². The molecule has 13 heteroatoms. The first-order valence-electron chi connectivity index (χ1n) is 9.97. The number of alkyl halides is 2. The number of fused-ring (bicyclic) bond motifs is 1. The monoisotopic (exact) mass is 549 g/mol. The molecule has 0 saturated carbocycles. The van der Waals surface area contributed by atoms with Crippen molar-refractivity contribution < 1.29 is 18.4 Å². The molecule has 9 nitrogen and oxygen atoms in total. The zero-order valence-corrected chi connectivity index (χ0v) is 19.8. The number of nitrogens with zero attached hydrogens (tertiary/aromatic N) is 6. The molecule has 5 rings (SSSR count). The highest BCUT2D eigenvalue weighted by atomic mass is 79.9. The van der Waals surface area contributed by atoms with Crippen LogP contribution in [-0.2, 0) is 0 Å². The summed E-state index contributed by atoms with van der Waals surface area (Å²) in [5.41, 5.74) is 1.35. The van der Waals surface area contributed by atoms with Gasteiger partial charge in [-0.15, -0.1) is 0 Å². The topological polar surface area (TPSA) is 97.4 Å². The predicted molar refractivity (Wildman–Crippen MR) is 123 cm³/mol. The molecule has 2 amide bonds. The van der Waals surface area contributed by atoms with Crippen LogP contribution in [0.5, 0.6) is 0 Å².